The molecule has 0 spiro atoms. The van der Waals surface area contributed by atoms with Crippen LogP contribution in [-0.2, 0) is 34.0 Å². The number of hydrogen-bond acceptors (Lipinski definition) is 7. The van der Waals surface area contributed by atoms with Gasteiger partial charge in [-0.2, -0.15) is 0 Å². The fourth-order valence-corrected chi connectivity index (χ4v) is 4.04. The van der Waals surface area contributed by atoms with E-state index in [0.717, 1.165) is 22.0 Å². The highest BCUT2D eigenvalue weighted by Crippen LogP contribution is 2.38. The number of cyclic esters (lactones) is 1. The summed E-state index contributed by atoms with van der Waals surface area (Å²) in [6, 6.07) is 7.12. The van der Waals surface area contributed by atoms with Crippen LogP contribution in [0.5, 0.6) is 0 Å². The van der Waals surface area contributed by atoms with Crippen LogP contribution in [0.2, 0.25) is 0 Å². The van der Waals surface area contributed by atoms with Crippen LogP contribution in [0.4, 0.5) is 5.69 Å². The lowest BCUT2D eigenvalue weighted by molar-refractivity contribution is -0.157. The Morgan fingerprint density at radius 3 is 2.93 bits per heavy atom. The molecular weight excluding hydrogens is 362 g/mol. The summed E-state index contributed by atoms with van der Waals surface area (Å²) in [5, 5.41) is 11.1. The minimum Gasteiger partial charge on any atom is -0.458 e. The van der Waals surface area contributed by atoms with E-state index in [0.29, 0.717) is 35.8 Å². The number of carbonyl (C=O) groups excluding carboxylic acids is 1. The minimum atomic E-state index is -1.47. The van der Waals surface area contributed by atoms with E-state index >= 15 is 0 Å². The van der Waals surface area contributed by atoms with Crippen molar-refractivity contribution in [3.8, 4) is 11.4 Å². The van der Waals surface area contributed by atoms with E-state index in [1.165, 1.54) is 0 Å². The van der Waals surface area contributed by atoms with Crippen molar-refractivity contribution in [2.75, 3.05) is 12.8 Å². The summed E-state index contributed by atoms with van der Waals surface area (Å²) in [6.45, 7) is 0.534. The molecule has 1 atom stereocenters. The van der Waals surface area contributed by atoms with Crippen molar-refractivity contribution in [3.05, 3.63) is 56.9 Å². The second kappa shape index (κ2) is 5.88. The first-order valence-electron chi connectivity index (χ1n) is 8.81. The molecule has 0 bridgehead atoms. The van der Waals surface area contributed by atoms with Crippen LogP contribution in [0.3, 0.4) is 0 Å². The number of ether oxygens (including phenoxy) is 2. The maximum atomic E-state index is 13.0. The van der Waals surface area contributed by atoms with Crippen molar-refractivity contribution >= 4 is 22.6 Å². The summed E-state index contributed by atoms with van der Waals surface area (Å²) in [6.07, 6.45) is -1.47. The number of aromatic nitrogens is 2. The van der Waals surface area contributed by atoms with Crippen molar-refractivity contribution in [1.82, 2.24) is 9.55 Å². The number of carbonyl (C=O) groups is 1. The van der Waals surface area contributed by atoms with Gasteiger partial charge < -0.3 is 24.9 Å². The van der Waals surface area contributed by atoms with Gasteiger partial charge in [-0.05, 0) is 29.8 Å². The molecule has 2 aromatic heterocycles. The van der Waals surface area contributed by atoms with Crippen LogP contribution < -0.4 is 11.3 Å². The molecule has 3 N–H and O–H groups in total. The zero-order chi connectivity index (χ0) is 19.6. The number of nitrogens with two attached hydrogens (primary N) is 1. The van der Waals surface area contributed by atoms with E-state index in [9.17, 15) is 14.7 Å². The van der Waals surface area contributed by atoms with E-state index < -0.39 is 12.1 Å². The number of pyridine rings is 2. The Kier molecular flexibility index (Phi) is 3.55. The molecule has 2 aliphatic heterocycles. The van der Waals surface area contributed by atoms with Gasteiger partial charge in [-0.25, -0.2) is 9.78 Å². The van der Waals surface area contributed by atoms with Gasteiger partial charge in [-0.3, -0.25) is 4.79 Å². The van der Waals surface area contributed by atoms with Gasteiger partial charge in [-0.15, -0.1) is 0 Å². The van der Waals surface area contributed by atoms with Crippen molar-refractivity contribution in [2.24, 2.45) is 0 Å². The Balaban J connectivity index is 1.82. The quantitative estimate of drug-likeness (QED) is 0.398. The van der Waals surface area contributed by atoms with E-state index in [-0.39, 0.29) is 17.7 Å². The average molecular weight is 379 g/mol. The Morgan fingerprint density at radius 2 is 2.14 bits per heavy atom. The molecule has 0 aliphatic carbocycles. The lowest BCUT2D eigenvalue weighted by Crippen LogP contribution is -2.32. The highest BCUT2D eigenvalue weighted by atomic mass is 16.5. The standard InChI is InChI=1S/C20H17N3O5/c1-27-7-13-10-4-9(21)2-3-15(10)22-17-12(13)6-23-16(17)5-11-14(19(23)25)8-28-20(26)18(11)24/h2-5,18,24H,6-8,21H2,1H3. The number of aliphatic hydroxyl groups is 1. The molecule has 2 aliphatic rings. The molecule has 0 radical (unpaired) electrons. The second-order valence-electron chi connectivity index (χ2n) is 6.99. The summed E-state index contributed by atoms with van der Waals surface area (Å²) >= 11 is 0. The molecule has 0 amide bonds. The SMILES string of the molecule is COCc1c2c(nc3ccc(N)cc13)-c1cc3c(c(=O)n1C2)COC(=O)C3O. The highest BCUT2D eigenvalue weighted by Gasteiger charge is 2.34. The Bertz CT molecular complexity index is 1230. The van der Waals surface area contributed by atoms with Gasteiger partial charge in [0, 0.05) is 29.3 Å². The molecule has 1 aromatic carbocycles. The number of fused-ring (bicyclic) bond motifs is 5. The van der Waals surface area contributed by atoms with Crippen LogP contribution in [0.1, 0.15) is 28.4 Å². The maximum absolute atomic E-state index is 13.0. The topological polar surface area (TPSA) is 117 Å². The predicted molar refractivity (Wildman–Crippen MR) is 100 cm³/mol. The molecule has 8 heteroatoms. The number of methoxy groups -OCH3 is 1. The lowest BCUT2D eigenvalue weighted by Gasteiger charge is -2.21. The molecule has 0 saturated heterocycles. The van der Waals surface area contributed by atoms with E-state index in [1.54, 1.807) is 23.8 Å². The van der Waals surface area contributed by atoms with Gasteiger partial charge in [0.05, 0.1) is 35.6 Å². The van der Waals surface area contributed by atoms with Crippen molar-refractivity contribution in [1.29, 1.82) is 0 Å². The van der Waals surface area contributed by atoms with Gasteiger partial charge in [0.15, 0.2) is 6.10 Å². The molecule has 0 fully saturated rings. The van der Waals surface area contributed by atoms with Crippen LogP contribution in [-0.4, -0.2) is 27.7 Å². The highest BCUT2D eigenvalue weighted by molar-refractivity contribution is 5.90. The van der Waals surface area contributed by atoms with Crippen molar-refractivity contribution in [2.45, 2.75) is 25.9 Å². The number of nitrogens with zero attached hydrogens (tertiary/aromatic N) is 2. The number of nitrogen functional groups attached to an aromatic ring is 1. The fourth-order valence-electron chi connectivity index (χ4n) is 4.04. The summed E-state index contributed by atoms with van der Waals surface area (Å²) < 4.78 is 11.9. The molecular formula is C20H17N3O5. The molecule has 8 nitrogen and oxygen atoms in total. The molecule has 0 saturated carbocycles. The summed E-state index contributed by atoms with van der Waals surface area (Å²) in [5.41, 5.74) is 10.6. The second-order valence-corrected chi connectivity index (χ2v) is 6.99. The molecule has 28 heavy (non-hydrogen) atoms. The van der Waals surface area contributed by atoms with Gasteiger partial charge in [0.1, 0.15) is 6.61 Å². The first-order valence-corrected chi connectivity index (χ1v) is 8.81. The average Bonchev–Trinajstić information content (AvgIpc) is 3.04. The number of rotatable bonds is 2. The number of aliphatic hydroxyl groups excluding tert-OH is 1. The van der Waals surface area contributed by atoms with Gasteiger partial charge in [0.25, 0.3) is 5.56 Å². The summed E-state index contributed by atoms with van der Waals surface area (Å²) in [7, 11) is 1.61. The van der Waals surface area contributed by atoms with Crippen LogP contribution in [0, 0.1) is 0 Å². The van der Waals surface area contributed by atoms with E-state index in [4.69, 9.17) is 20.2 Å². The predicted octanol–water partition coefficient (Wildman–Crippen LogP) is 1.24. The molecule has 3 aromatic rings. The first-order chi connectivity index (χ1) is 13.5. The number of benzene rings is 1. The zero-order valence-corrected chi connectivity index (χ0v) is 15.1. The number of anilines is 1. The smallest absolute Gasteiger partial charge is 0.340 e. The fraction of sp³-hybridized carbons (Fsp3) is 0.250. The summed E-state index contributed by atoms with van der Waals surface area (Å²) in [4.78, 5) is 29.5. The van der Waals surface area contributed by atoms with Gasteiger partial charge in [-0.1, -0.05) is 0 Å². The van der Waals surface area contributed by atoms with E-state index in [1.807, 2.05) is 12.1 Å². The molecule has 4 heterocycles. The maximum Gasteiger partial charge on any atom is 0.340 e. The Morgan fingerprint density at radius 1 is 1.32 bits per heavy atom. The first kappa shape index (κ1) is 16.9. The summed E-state index contributed by atoms with van der Waals surface area (Å²) in [5.74, 6) is -0.753. The molecule has 5 rings (SSSR count). The Labute approximate surface area is 159 Å². The third-order valence-corrected chi connectivity index (χ3v) is 5.39. The van der Waals surface area contributed by atoms with Crippen molar-refractivity contribution < 1.29 is 19.4 Å². The van der Waals surface area contributed by atoms with Crippen LogP contribution in [0.15, 0.2) is 29.1 Å². The third kappa shape index (κ3) is 2.22. The third-order valence-electron chi connectivity index (χ3n) is 5.39. The number of esters is 1. The van der Waals surface area contributed by atoms with Crippen LogP contribution in [0.25, 0.3) is 22.3 Å². The lowest BCUT2D eigenvalue weighted by atomic mass is 9.98. The minimum absolute atomic E-state index is 0.141. The van der Waals surface area contributed by atoms with Gasteiger partial charge in [0.2, 0.25) is 0 Å². The van der Waals surface area contributed by atoms with Crippen LogP contribution >= 0.6 is 0 Å². The molecule has 142 valence electrons. The van der Waals surface area contributed by atoms with Crippen molar-refractivity contribution in [3.63, 3.8) is 0 Å². The molecule has 1 unspecified atom stereocenters. The van der Waals surface area contributed by atoms with E-state index in [2.05, 4.69) is 0 Å². The largest absolute Gasteiger partial charge is 0.458 e. The Hall–Kier alpha value is -3.23. The van der Waals surface area contributed by atoms with Gasteiger partial charge >= 0.3 is 5.97 Å². The number of hydrogen-bond donors (Lipinski definition) is 2. The normalized spacial score (nSPS) is 17.2. The zero-order valence-electron chi connectivity index (χ0n) is 15.1. The monoisotopic (exact) mass is 379 g/mol.